The number of fused-ring (bicyclic) bond motifs is 1. The molecule has 47 heavy (non-hydrogen) atoms. The van der Waals surface area contributed by atoms with Crippen LogP contribution in [0.15, 0.2) is 59.6 Å². The number of anilines is 2. The number of aliphatic imine (C=N–C) groups is 1. The SMILES string of the molecule is C=Nc1cc(OCc2cc(COC)cc(N(CCOCCOCCOC)C[C@H](C)S)c2)c(OC)cc1C(=O)N1CCc2ccccc21. The molecule has 0 spiro atoms. The Bertz CT molecular complexity index is 1470. The molecule has 1 aliphatic heterocycles. The largest absolute Gasteiger partial charge is 0.493 e. The van der Waals surface area contributed by atoms with Crippen LogP contribution in [0.1, 0.15) is 34.0 Å². The van der Waals surface area contributed by atoms with Crippen molar-refractivity contribution >= 4 is 42.3 Å². The van der Waals surface area contributed by atoms with Crippen molar-refractivity contribution < 1.29 is 33.2 Å². The van der Waals surface area contributed by atoms with Gasteiger partial charge in [0.25, 0.3) is 5.91 Å². The van der Waals surface area contributed by atoms with Gasteiger partial charge in [-0.3, -0.25) is 9.79 Å². The van der Waals surface area contributed by atoms with Crippen LogP contribution in [0.2, 0.25) is 0 Å². The maximum absolute atomic E-state index is 13.7. The molecule has 0 radical (unpaired) electrons. The summed E-state index contributed by atoms with van der Waals surface area (Å²) in [6.07, 6.45) is 0.808. The third-order valence-corrected chi connectivity index (χ3v) is 7.88. The lowest BCUT2D eigenvalue weighted by Crippen LogP contribution is -2.32. The topological polar surface area (TPSA) is 91.3 Å². The number of carbonyl (C=O) groups is 1. The first-order chi connectivity index (χ1) is 22.9. The van der Waals surface area contributed by atoms with E-state index in [1.807, 2.05) is 24.3 Å². The van der Waals surface area contributed by atoms with Crippen molar-refractivity contribution in [3.05, 3.63) is 76.9 Å². The van der Waals surface area contributed by atoms with Gasteiger partial charge in [-0.2, -0.15) is 12.6 Å². The molecule has 0 saturated carbocycles. The monoisotopic (exact) mass is 665 g/mol. The van der Waals surface area contributed by atoms with Crippen LogP contribution in [0.5, 0.6) is 11.5 Å². The number of thiol groups is 1. The molecule has 1 amide bonds. The van der Waals surface area contributed by atoms with E-state index in [0.717, 1.165) is 41.0 Å². The van der Waals surface area contributed by atoms with E-state index < -0.39 is 0 Å². The summed E-state index contributed by atoms with van der Waals surface area (Å²) < 4.78 is 33.8. The van der Waals surface area contributed by atoms with Crippen molar-refractivity contribution in [1.82, 2.24) is 0 Å². The molecule has 0 aliphatic carbocycles. The minimum atomic E-state index is -0.153. The maximum atomic E-state index is 13.7. The Hall–Kier alpha value is -3.61. The van der Waals surface area contributed by atoms with Crippen LogP contribution in [0.3, 0.4) is 0 Å². The average molecular weight is 666 g/mol. The van der Waals surface area contributed by atoms with Crippen LogP contribution < -0.4 is 19.3 Å². The number of nitrogens with zero attached hydrogens (tertiary/aromatic N) is 3. The highest BCUT2D eigenvalue weighted by molar-refractivity contribution is 7.80. The third-order valence-electron chi connectivity index (χ3n) is 7.72. The molecular weight excluding hydrogens is 618 g/mol. The first kappa shape index (κ1) is 36.2. The van der Waals surface area contributed by atoms with Gasteiger partial charge >= 0.3 is 0 Å². The second-order valence-corrected chi connectivity index (χ2v) is 12.1. The molecule has 0 unspecified atom stereocenters. The van der Waals surface area contributed by atoms with E-state index in [4.69, 9.17) is 28.4 Å². The summed E-state index contributed by atoms with van der Waals surface area (Å²) in [6, 6.07) is 17.6. The molecule has 4 rings (SSSR count). The summed E-state index contributed by atoms with van der Waals surface area (Å²) in [6.45, 7) is 11.2. The van der Waals surface area contributed by atoms with Gasteiger partial charge < -0.3 is 38.2 Å². The second kappa shape index (κ2) is 18.7. The minimum Gasteiger partial charge on any atom is -0.493 e. The first-order valence-electron chi connectivity index (χ1n) is 15.8. The van der Waals surface area contributed by atoms with Gasteiger partial charge in [0, 0.05) is 56.5 Å². The Morgan fingerprint density at radius 3 is 2.36 bits per heavy atom. The molecule has 0 saturated heterocycles. The second-order valence-electron chi connectivity index (χ2n) is 11.3. The fourth-order valence-electron chi connectivity index (χ4n) is 5.52. The third kappa shape index (κ3) is 10.2. The molecule has 11 heteroatoms. The summed E-state index contributed by atoms with van der Waals surface area (Å²) in [5.74, 6) is 0.754. The van der Waals surface area contributed by atoms with E-state index in [1.54, 1.807) is 38.4 Å². The van der Waals surface area contributed by atoms with Gasteiger partial charge in [-0.05, 0) is 60.2 Å². The van der Waals surface area contributed by atoms with E-state index in [2.05, 4.69) is 54.4 Å². The molecule has 0 bridgehead atoms. The predicted molar refractivity (Wildman–Crippen MR) is 190 cm³/mol. The minimum absolute atomic E-state index is 0.141. The molecule has 10 nitrogen and oxygen atoms in total. The first-order valence-corrected chi connectivity index (χ1v) is 16.3. The standard InChI is InChI=1S/C36H47N3O7S/c1-26(47)23-38(12-13-44-16-17-45-15-14-41-3)30-19-27(24-42-4)18-28(20-30)25-46-35-22-32(37-2)31(21-34(35)43-5)36(40)39-11-10-29-8-6-7-9-33(29)39/h6-9,18-22,26,47H,2,10-17,23-25H2,1,3-5H3/t26-/m0/s1. The van der Waals surface area contributed by atoms with Crippen molar-refractivity contribution in [1.29, 1.82) is 0 Å². The van der Waals surface area contributed by atoms with Crippen molar-refractivity contribution in [3.63, 3.8) is 0 Å². The van der Waals surface area contributed by atoms with Gasteiger partial charge in [-0.1, -0.05) is 25.1 Å². The number of benzene rings is 3. The van der Waals surface area contributed by atoms with Crippen LogP contribution in [0.4, 0.5) is 17.1 Å². The molecule has 1 heterocycles. The van der Waals surface area contributed by atoms with E-state index >= 15 is 0 Å². The Kier molecular flexibility index (Phi) is 14.4. The van der Waals surface area contributed by atoms with E-state index in [-0.39, 0.29) is 17.8 Å². The molecule has 3 aromatic rings. The fraction of sp³-hybridized carbons (Fsp3) is 0.444. The number of ether oxygens (including phenoxy) is 6. The molecule has 0 N–H and O–H groups in total. The average Bonchev–Trinajstić information content (AvgIpc) is 3.51. The Morgan fingerprint density at radius 2 is 1.66 bits per heavy atom. The zero-order chi connectivity index (χ0) is 33.6. The molecular formula is C36H47N3O7S. The molecule has 1 aliphatic rings. The Balaban J connectivity index is 1.50. The Morgan fingerprint density at radius 1 is 0.936 bits per heavy atom. The lowest BCUT2D eigenvalue weighted by molar-refractivity contribution is 0.0265. The normalized spacial score (nSPS) is 12.9. The molecule has 0 aromatic heterocycles. The summed E-state index contributed by atoms with van der Waals surface area (Å²) in [5, 5.41) is 0.141. The molecule has 3 aromatic carbocycles. The van der Waals surface area contributed by atoms with Crippen LogP contribution in [0, 0.1) is 0 Å². The molecule has 0 fully saturated rings. The van der Waals surface area contributed by atoms with Crippen molar-refractivity contribution in [3.8, 4) is 11.5 Å². The number of methoxy groups -OCH3 is 3. The smallest absolute Gasteiger partial charge is 0.260 e. The molecule has 1 atom stereocenters. The number of hydrogen-bond donors (Lipinski definition) is 1. The highest BCUT2D eigenvalue weighted by Crippen LogP contribution is 2.38. The maximum Gasteiger partial charge on any atom is 0.260 e. The van der Waals surface area contributed by atoms with E-state index in [1.165, 1.54) is 0 Å². The van der Waals surface area contributed by atoms with Crippen molar-refractivity contribution in [2.75, 3.05) is 83.8 Å². The Labute approximate surface area is 284 Å². The van der Waals surface area contributed by atoms with E-state index in [9.17, 15) is 4.79 Å². The highest BCUT2D eigenvalue weighted by Gasteiger charge is 2.28. The van der Waals surface area contributed by atoms with Crippen LogP contribution in [0.25, 0.3) is 0 Å². The molecule has 254 valence electrons. The lowest BCUT2D eigenvalue weighted by Gasteiger charge is -2.27. The number of amides is 1. The van der Waals surface area contributed by atoms with Gasteiger partial charge in [0.15, 0.2) is 11.5 Å². The van der Waals surface area contributed by atoms with Gasteiger partial charge in [0.05, 0.1) is 58.0 Å². The van der Waals surface area contributed by atoms with Gasteiger partial charge in [-0.15, -0.1) is 0 Å². The summed E-state index contributed by atoms with van der Waals surface area (Å²) >= 11 is 4.67. The van der Waals surface area contributed by atoms with Crippen molar-refractivity contribution in [2.24, 2.45) is 4.99 Å². The zero-order valence-electron chi connectivity index (χ0n) is 27.9. The summed E-state index contributed by atoms with van der Waals surface area (Å²) in [5.41, 5.74) is 5.88. The lowest BCUT2D eigenvalue weighted by atomic mass is 10.1. The number of hydrogen-bond acceptors (Lipinski definition) is 10. The number of carbonyl (C=O) groups excluding carboxylic acids is 1. The fourth-order valence-corrected chi connectivity index (χ4v) is 5.72. The highest BCUT2D eigenvalue weighted by atomic mass is 32.1. The number of para-hydroxylation sites is 1. The van der Waals surface area contributed by atoms with E-state index in [0.29, 0.717) is 75.5 Å². The summed E-state index contributed by atoms with van der Waals surface area (Å²) in [7, 11) is 4.89. The van der Waals surface area contributed by atoms with Gasteiger partial charge in [-0.25, -0.2) is 0 Å². The zero-order valence-corrected chi connectivity index (χ0v) is 28.8. The van der Waals surface area contributed by atoms with Crippen LogP contribution >= 0.6 is 12.6 Å². The van der Waals surface area contributed by atoms with Gasteiger partial charge in [0.2, 0.25) is 0 Å². The summed E-state index contributed by atoms with van der Waals surface area (Å²) in [4.78, 5) is 21.9. The number of rotatable bonds is 20. The van der Waals surface area contributed by atoms with Gasteiger partial charge in [0.1, 0.15) is 6.61 Å². The quantitative estimate of drug-likeness (QED) is 0.0926. The predicted octanol–water partition coefficient (Wildman–Crippen LogP) is 5.76. The van der Waals surface area contributed by atoms with Crippen molar-refractivity contribution in [2.45, 2.75) is 31.8 Å². The van der Waals surface area contributed by atoms with Crippen LogP contribution in [-0.4, -0.2) is 91.9 Å². The van der Waals surface area contributed by atoms with Crippen LogP contribution in [-0.2, 0) is 38.6 Å².